The number of rotatable bonds is 4. The number of carboxylic acid groups (broad SMARTS) is 1. The van der Waals surface area contributed by atoms with E-state index in [9.17, 15) is 19.2 Å². The molecule has 4 unspecified atom stereocenters. The summed E-state index contributed by atoms with van der Waals surface area (Å²) in [5.74, 6) is -3.53. The molecule has 8 nitrogen and oxygen atoms in total. The molecule has 0 aromatic heterocycles. The van der Waals surface area contributed by atoms with Gasteiger partial charge in [0.2, 0.25) is 17.7 Å². The van der Waals surface area contributed by atoms with E-state index in [0.29, 0.717) is 0 Å². The van der Waals surface area contributed by atoms with Gasteiger partial charge in [0.25, 0.3) is 0 Å². The lowest BCUT2D eigenvalue weighted by Crippen LogP contribution is -2.46. The highest BCUT2D eigenvalue weighted by atomic mass is 16.5. The molecule has 21 heavy (non-hydrogen) atoms. The van der Waals surface area contributed by atoms with Gasteiger partial charge in [-0.15, -0.1) is 0 Å². The van der Waals surface area contributed by atoms with Crippen LogP contribution >= 0.6 is 0 Å². The average molecular weight is 296 g/mol. The third-order valence-electron chi connectivity index (χ3n) is 4.43. The Hall–Kier alpha value is -1.96. The first-order valence-corrected chi connectivity index (χ1v) is 6.93. The van der Waals surface area contributed by atoms with E-state index in [1.165, 1.54) is 6.92 Å². The van der Waals surface area contributed by atoms with Crippen molar-refractivity contribution < 1.29 is 29.0 Å². The fraction of sp³-hybridized carbons (Fsp3) is 0.692. The summed E-state index contributed by atoms with van der Waals surface area (Å²) in [5, 5.41) is 11.0. The first-order chi connectivity index (χ1) is 9.90. The minimum atomic E-state index is -1.18. The molecule has 3 heterocycles. The molecule has 0 aromatic carbocycles. The summed E-state index contributed by atoms with van der Waals surface area (Å²) in [6, 6.07) is -1.07. The quantitative estimate of drug-likeness (QED) is 0.626. The number of ether oxygens (including phenoxy) is 1. The Morgan fingerprint density at radius 2 is 1.81 bits per heavy atom. The minimum Gasteiger partial charge on any atom is -0.480 e. The third kappa shape index (κ3) is 2.10. The van der Waals surface area contributed by atoms with Gasteiger partial charge in [-0.1, -0.05) is 0 Å². The minimum absolute atomic E-state index is 0.220. The number of likely N-dealkylation sites (tertiary alicyclic amines) is 1. The highest BCUT2D eigenvalue weighted by Crippen LogP contribution is 2.48. The van der Waals surface area contributed by atoms with Gasteiger partial charge >= 0.3 is 5.97 Å². The zero-order chi connectivity index (χ0) is 15.3. The average Bonchev–Trinajstić information content (AvgIpc) is 3.08. The number of amides is 3. The molecule has 2 bridgehead atoms. The molecule has 114 valence electrons. The van der Waals surface area contributed by atoms with Gasteiger partial charge in [-0.25, -0.2) is 0 Å². The summed E-state index contributed by atoms with van der Waals surface area (Å²) >= 11 is 0. The van der Waals surface area contributed by atoms with Crippen LogP contribution in [0.5, 0.6) is 0 Å². The van der Waals surface area contributed by atoms with E-state index in [1.54, 1.807) is 0 Å². The number of imide groups is 1. The molecule has 3 aliphatic heterocycles. The Balaban J connectivity index is 1.67. The number of hydrogen-bond donors (Lipinski definition) is 2. The normalized spacial score (nSPS) is 35.0. The lowest BCUT2D eigenvalue weighted by Gasteiger charge is -2.18. The summed E-state index contributed by atoms with van der Waals surface area (Å²) in [6.45, 7) is 0.887. The number of aliphatic carboxylic acids is 1. The van der Waals surface area contributed by atoms with Crippen molar-refractivity contribution in [2.24, 2.45) is 11.8 Å². The highest BCUT2D eigenvalue weighted by molar-refractivity contribution is 6.08. The van der Waals surface area contributed by atoms with E-state index in [2.05, 4.69) is 5.32 Å². The van der Waals surface area contributed by atoms with Gasteiger partial charge in [-0.05, 0) is 19.8 Å². The Labute approximate surface area is 120 Å². The van der Waals surface area contributed by atoms with Crippen LogP contribution in [0.1, 0.15) is 19.8 Å². The maximum Gasteiger partial charge on any atom is 0.325 e. The Morgan fingerprint density at radius 3 is 2.29 bits per heavy atom. The van der Waals surface area contributed by atoms with Gasteiger partial charge < -0.3 is 15.2 Å². The second-order valence-electron chi connectivity index (χ2n) is 5.73. The van der Waals surface area contributed by atoms with Crippen molar-refractivity contribution >= 4 is 23.7 Å². The molecule has 0 aliphatic carbocycles. The van der Waals surface area contributed by atoms with Crippen LogP contribution in [0.2, 0.25) is 0 Å². The number of carbonyl (C=O) groups excluding carboxylic acids is 3. The van der Waals surface area contributed by atoms with E-state index in [-0.39, 0.29) is 24.0 Å². The summed E-state index contributed by atoms with van der Waals surface area (Å²) < 4.78 is 5.58. The SMILES string of the molecule is C[C@@H](NC(=O)CN1C(=O)C2C3CCC(O3)C2C1=O)C(=O)O. The molecule has 0 saturated carbocycles. The van der Waals surface area contributed by atoms with Gasteiger partial charge in [0.15, 0.2) is 0 Å². The summed E-state index contributed by atoms with van der Waals surface area (Å²) in [7, 11) is 0. The van der Waals surface area contributed by atoms with Crippen molar-refractivity contribution in [1.82, 2.24) is 10.2 Å². The zero-order valence-corrected chi connectivity index (χ0v) is 11.4. The number of fused-ring (bicyclic) bond motifs is 5. The van der Waals surface area contributed by atoms with Crippen LogP contribution in [0.25, 0.3) is 0 Å². The molecule has 3 rings (SSSR count). The molecule has 3 fully saturated rings. The van der Waals surface area contributed by atoms with E-state index in [4.69, 9.17) is 9.84 Å². The molecular formula is C13H16N2O6. The molecule has 5 atom stereocenters. The zero-order valence-electron chi connectivity index (χ0n) is 11.4. The molecular weight excluding hydrogens is 280 g/mol. The van der Waals surface area contributed by atoms with Crippen molar-refractivity contribution in [3.8, 4) is 0 Å². The smallest absolute Gasteiger partial charge is 0.325 e. The van der Waals surface area contributed by atoms with Crippen molar-refractivity contribution in [3.63, 3.8) is 0 Å². The van der Waals surface area contributed by atoms with E-state index < -0.39 is 36.3 Å². The fourth-order valence-electron chi connectivity index (χ4n) is 3.42. The lowest BCUT2D eigenvalue weighted by atomic mass is 9.81. The number of nitrogens with zero attached hydrogens (tertiary/aromatic N) is 1. The van der Waals surface area contributed by atoms with Crippen molar-refractivity contribution in [2.45, 2.75) is 38.0 Å². The van der Waals surface area contributed by atoms with Gasteiger partial charge in [0.1, 0.15) is 12.6 Å². The second kappa shape index (κ2) is 4.80. The third-order valence-corrected chi connectivity index (χ3v) is 4.43. The molecule has 0 aromatic rings. The number of hydrogen-bond acceptors (Lipinski definition) is 5. The van der Waals surface area contributed by atoms with Gasteiger partial charge in [0.05, 0.1) is 24.0 Å². The van der Waals surface area contributed by atoms with Crippen LogP contribution in [0, 0.1) is 11.8 Å². The molecule has 0 radical (unpaired) electrons. The van der Waals surface area contributed by atoms with Crippen molar-refractivity contribution in [2.75, 3.05) is 6.54 Å². The number of carboxylic acids is 1. The standard InChI is InChI=1S/C13H16N2O6/c1-5(13(19)20)14-8(16)4-15-11(17)9-6-2-3-7(21-6)10(9)12(15)18/h5-7,9-10H,2-4H2,1H3,(H,14,16)(H,19,20)/t5-,6?,7?,9?,10?/m1/s1. The Kier molecular flexibility index (Phi) is 3.20. The maximum atomic E-state index is 12.3. The monoisotopic (exact) mass is 296 g/mol. The topological polar surface area (TPSA) is 113 Å². The van der Waals surface area contributed by atoms with Crippen molar-refractivity contribution in [3.05, 3.63) is 0 Å². The maximum absolute atomic E-state index is 12.3. The van der Waals surface area contributed by atoms with E-state index in [1.807, 2.05) is 0 Å². The van der Waals surface area contributed by atoms with Crippen LogP contribution in [0.15, 0.2) is 0 Å². The first kappa shape index (κ1) is 14.0. The van der Waals surface area contributed by atoms with Crippen molar-refractivity contribution in [1.29, 1.82) is 0 Å². The lowest BCUT2D eigenvalue weighted by molar-refractivity contribution is -0.146. The molecule has 8 heteroatoms. The van der Waals surface area contributed by atoms with Crippen LogP contribution in [-0.2, 0) is 23.9 Å². The summed E-state index contributed by atoms with van der Waals surface area (Å²) in [5.41, 5.74) is 0. The fourth-order valence-corrected chi connectivity index (χ4v) is 3.42. The Bertz CT molecular complexity index is 505. The molecule has 0 spiro atoms. The second-order valence-corrected chi connectivity index (χ2v) is 5.73. The summed E-state index contributed by atoms with van der Waals surface area (Å²) in [6.07, 6.45) is 1.09. The number of nitrogens with one attached hydrogen (secondary N) is 1. The number of carbonyl (C=O) groups is 4. The highest BCUT2D eigenvalue weighted by Gasteiger charge is 2.62. The molecule has 3 saturated heterocycles. The van der Waals surface area contributed by atoms with E-state index >= 15 is 0 Å². The molecule has 2 N–H and O–H groups in total. The van der Waals surface area contributed by atoms with Crippen LogP contribution in [0.3, 0.4) is 0 Å². The van der Waals surface area contributed by atoms with Crippen LogP contribution in [0.4, 0.5) is 0 Å². The Morgan fingerprint density at radius 1 is 1.29 bits per heavy atom. The predicted octanol–water partition coefficient (Wildman–Crippen LogP) is -1.26. The predicted molar refractivity (Wildman–Crippen MR) is 66.8 cm³/mol. The van der Waals surface area contributed by atoms with Gasteiger partial charge in [0, 0.05) is 0 Å². The van der Waals surface area contributed by atoms with E-state index in [0.717, 1.165) is 17.7 Å². The van der Waals surface area contributed by atoms with Crippen LogP contribution < -0.4 is 5.32 Å². The van der Waals surface area contributed by atoms with Crippen LogP contribution in [-0.4, -0.2) is 58.5 Å². The largest absolute Gasteiger partial charge is 0.480 e. The molecule has 3 amide bonds. The first-order valence-electron chi connectivity index (χ1n) is 6.93. The summed E-state index contributed by atoms with van der Waals surface area (Å²) in [4.78, 5) is 47.9. The van der Waals surface area contributed by atoms with Gasteiger partial charge in [-0.3, -0.25) is 24.1 Å². The van der Waals surface area contributed by atoms with Gasteiger partial charge in [-0.2, -0.15) is 0 Å². The molecule has 3 aliphatic rings.